The topological polar surface area (TPSA) is 58.1 Å². The third-order valence-corrected chi connectivity index (χ3v) is 5.07. The van der Waals surface area contributed by atoms with Crippen molar-refractivity contribution in [2.75, 3.05) is 11.9 Å². The molecular formula is C21H28N4O. The molecule has 5 heteroatoms. The van der Waals surface area contributed by atoms with E-state index >= 15 is 0 Å². The molecule has 1 fully saturated rings. The zero-order chi connectivity index (χ0) is 18.5. The molecule has 1 aliphatic carbocycles. The first-order chi connectivity index (χ1) is 12.5. The van der Waals surface area contributed by atoms with Crippen molar-refractivity contribution in [3.8, 4) is 11.3 Å². The van der Waals surface area contributed by atoms with Gasteiger partial charge in [-0.05, 0) is 37.8 Å². The van der Waals surface area contributed by atoms with Gasteiger partial charge in [0.05, 0.1) is 5.69 Å². The van der Waals surface area contributed by atoms with Crippen LogP contribution in [0, 0.1) is 0 Å². The molecule has 1 saturated carbocycles. The van der Waals surface area contributed by atoms with E-state index < -0.39 is 0 Å². The number of hydrogen-bond acceptors (Lipinski definition) is 4. The third kappa shape index (κ3) is 4.59. The molecule has 0 spiro atoms. The maximum atomic E-state index is 11.1. The standard InChI is InChI=1S/C21H28N4O/c1-15(23-16(2)26)14-17-8-10-18(11-9-17)20-12-13-22-21(24-20)25(3)19-6-4-5-7-19/h8-13,15,19H,4-7,14H2,1-3H3,(H,23,26). The Hall–Kier alpha value is -2.43. The maximum Gasteiger partial charge on any atom is 0.225 e. The van der Waals surface area contributed by atoms with E-state index in [1.54, 1.807) is 6.92 Å². The maximum absolute atomic E-state index is 11.1. The van der Waals surface area contributed by atoms with Gasteiger partial charge in [-0.1, -0.05) is 37.1 Å². The molecule has 1 amide bonds. The first-order valence-corrected chi connectivity index (χ1v) is 9.45. The second-order valence-corrected chi connectivity index (χ2v) is 7.29. The SMILES string of the molecule is CC(=O)NC(C)Cc1ccc(-c2ccnc(N(C)C3CCCC3)n2)cc1. The predicted molar refractivity (Wildman–Crippen MR) is 105 cm³/mol. The van der Waals surface area contributed by atoms with Gasteiger partial charge in [0.1, 0.15) is 0 Å². The largest absolute Gasteiger partial charge is 0.354 e. The fourth-order valence-electron chi connectivity index (χ4n) is 3.70. The summed E-state index contributed by atoms with van der Waals surface area (Å²) < 4.78 is 0. The number of carbonyl (C=O) groups excluding carboxylic acids is 1. The summed E-state index contributed by atoms with van der Waals surface area (Å²) in [6, 6.07) is 11.1. The van der Waals surface area contributed by atoms with Crippen molar-refractivity contribution in [2.45, 2.75) is 58.0 Å². The molecule has 0 bridgehead atoms. The highest BCUT2D eigenvalue weighted by atomic mass is 16.1. The van der Waals surface area contributed by atoms with Gasteiger partial charge in [0.25, 0.3) is 0 Å². The first-order valence-electron chi connectivity index (χ1n) is 9.45. The molecule has 1 aromatic heterocycles. The van der Waals surface area contributed by atoms with Gasteiger partial charge in [0, 0.05) is 37.8 Å². The Kier molecular flexibility index (Phi) is 5.86. The van der Waals surface area contributed by atoms with Crippen molar-refractivity contribution in [3.05, 3.63) is 42.1 Å². The molecule has 0 aliphatic heterocycles. The summed E-state index contributed by atoms with van der Waals surface area (Å²) in [6.45, 7) is 3.57. The van der Waals surface area contributed by atoms with Gasteiger partial charge in [-0.2, -0.15) is 0 Å². The van der Waals surface area contributed by atoms with E-state index in [1.165, 1.54) is 31.2 Å². The number of aromatic nitrogens is 2. The molecule has 138 valence electrons. The molecule has 3 rings (SSSR count). The average molecular weight is 352 g/mol. The van der Waals surface area contributed by atoms with Gasteiger partial charge in [0.2, 0.25) is 11.9 Å². The normalized spacial score (nSPS) is 15.7. The van der Waals surface area contributed by atoms with Crippen LogP contribution in [0.2, 0.25) is 0 Å². The summed E-state index contributed by atoms with van der Waals surface area (Å²) >= 11 is 0. The van der Waals surface area contributed by atoms with Gasteiger partial charge in [-0.3, -0.25) is 4.79 Å². The van der Waals surface area contributed by atoms with Crippen molar-refractivity contribution in [2.24, 2.45) is 0 Å². The van der Waals surface area contributed by atoms with E-state index in [0.29, 0.717) is 6.04 Å². The van der Waals surface area contributed by atoms with Gasteiger partial charge in [0.15, 0.2) is 0 Å². The average Bonchev–Trinajstić information content (AvgIpc) is 3.16. The number of carbonyl (C=O) groups is 1. The Morgan fingerprint density at radius 1 is 1.23 bits per heavy atom. The molecule has 1 unspecified atom stereocenters. The van der Waals surface area contributed by atoms with Crippen molar-refractivity contribution < 1.29 is 4.79 Å². The molecular weight excluding hydrogens is 324 g/mol. The Labute approximate surface area is 155 Å². The summed E-state index contributed by atoms with van der Waals surface area (Å²) in [5, 5.41) is 2.92. The van der Waals surface area contributed by atoms with E-state index in [0.717, 1.165) is 23.6 Å². The van der Waals surface area contributed by atoms with Crippen LogP contribution in [-0.2, 0) is 11.2 Å². The number of nitrogens with zero attached hydrogens (tertiary/aromatic N) is 3. The summed E-state index contributed by atoms with van der Waals surface area (Å²) in [5.41, 5.74) is 3.23. The zero-order valence-electron chi connectivity index (χ0n) is 15.9. The van der Waals surface area contributed by atoms with Gasteiger partial charge in [-0.25, -0.2) is 9.97 Å². The molecule has 1 atom stereocenters. The molecule has 1 aliphatic rings. The number of amides is 1. The van der Waals surface area contributed by atoms with Crippen LogP contribution in [-0.4, -0.2) is 35.0 Å². The Morgan fingerprint density at radius 3 is 2.58 bits per heavy atom. The lowest BCUT2D eigenvalue weighted by molar-refractivity contribution is -0.119. The van der Waals surface area contributed by atoms with Crippen LogP contribution in [0.1, 0.15) is 45.1 Å². The smallest absolute Gasteiger partial charge is 0.225 e. The number of anilines is 1. The highest BCUT2D eigenvalue weighted by molar-refractivity contribution is 5.73. The van der Waals surface area contributed by atoms with Crippen LogP contribution < -0.4 is 10.2 Å². The molecule has 5 nitrogen and oxygen atoms in total. The Morgan fingerprint density at radius 2 is 1.92 bits per heavy atom. The van der Waals surface area contributed by atoms with Crippen molar-refractivity contribution in [1.82, 2.24) is 15.3 Å². The van der Waals surface area contributed by atoms with Crippen LogP contribution in [0.15, 0.2) is 36.5 Å². The zero-order valence-corrected chi connectivity index (χ0v) is 15.9. The van der Waals surface area contributed by atoms with Crippen LogP contribution in [0.25, 0.3) is 11.3 Å². The van der Waals surface area contributed by atoms with E-state index in [9.17, 15) is 4.79 Å². The molecule has 1 N–H and O–H groups in total. The quantitative estimate of drug-likeness (QED) is 0.863. The molecule has 1 aromatic carbocycles. The minimum atomic E-state index is 0.00835. The van der Waals surface area contributed by atoms with Crippen LogP contribution >= 0.6 is 0 Å². The molecule has 0 radical (unpaired) electrons. The summed E-state index contributed by atoms with van der Waals surface area (Å²) in [6.07, 6.45) is 7.71. The lowest BCUT2D eigenvalue weighted by atomic mass is 10.0. The molecule has 26 heavy (non-hydrogen) atoms. The van der Waals surface area contributed by atoms with E-state index in [4.69, 9.17) is 4.98 Å². The lowest BCUT2D eigenvalue weighted by Gasteiger charge is -2.24. The highest BCUT2D eigenvalue weighted by Gasteiger charge is 2.21. The van der Waals surface area contributed by atoms with E-state index in [2.05, 4.69) is 46.5 Å². The number of nitrogens with one attached hydrogen (secondary N) is 1. The summed E-state index contributed by atoms with van der Waals surface area (Å²) in [4.78, 5) is 22.6. The van der Waals surface area contributed by atoms with Crippen molar-refractivity contribution in [3.63, 3.8) is 0 Å². The summed E-state index contributed by atoms with van der Waals surface area (Å²) in [5.74, 6) is 0.812. The minimum absolute atomic E-state index is 0.00835. The second kappa shape index (κ2) is 8.30. The second-order valence-electron chi connectivity index (χ2n) is 7.29. The third-order valence-electron chi connectivity index (χ3n) is 5.07. The Bertz CT molecular complexity index is 738. The number of benzene rings is 1. The highest BCUT2D eigenvalue weighted by Crippen LogP contribution is 2.26. The minimum Gasteiger partial charge on any atom is -0.354 e. The number of rotatable bonds is 6. The van der Waals surface area contributed by atoms with Gasteiger partial charge >= 0.3 is 0 Å². The van der Waals surface area contributed by atoms with Crippen molar-refractivity contribution >= 4 is 11.9 Å². The first kappa shape index (κ1) is 18.4. The van der Waals surface area contributed by atoms with E-state index in [1.807, 2.05) is 19.2 Å². The monoisotopic (exact) mass is 352 g/mol. The van der Waals surface area contributed by atoms with Crippen molar-refractivity contribution in [1.29, 1.82) is 0 Å². The molecule has 0 saturated heterocycles. The van der Waals surface area contributed by atoms with Gasteiger partial charge in [-0.15, -0.1) is 0 Å². The fourth-order valence-corrected chi connectivity index (χ4v) is 3.70. The lowest BCUT2D eigenvalue weighted by Crippen LogP contribution is -2.31. The van der Waals surface area contributed by atoms with E-state index in [-0.39, 0.29) is 11.9 Å². The van der Waals surface area contributed by atoms with Gasteiger partial charge < -0.3 is 10.2 Å². The fraction of sp³-hybridized carbons (Fsp3) is 0.476. The van der Waals surface area contributed by atoms with Crippen LogP contribution in [0.3, 0.4) is 0 Å². The summed E-state index contributed by atoms with van der Waals surface area (Å²) in [7, 11) is 2.10. The predicted octanol–water partition coefficient (Wildman–Crippen LogP) is 3.59. The van der Waals surface area contributed by atoms with Crippen LogP contribution in [0.5, 0.6) is 0 Å². The Balaban J connectivity index is 1.71. The molecule has 1 heterocycles. The molecule has 2 aromatic rings. The number of hydrogen-bond donors (Lipinski definition) is 1. The van der Waals surface area contributed by atoms with Crippen LogP contribution in [0.4, 0.5) is 5.95 Å².